The summed E-state index contributed by atoms with van der Waals surface area (Å²) in [7, 11) is 0. The lowest BCUT2D eigenvalue weighted by atomic mass is 10.0. The lowest BCUT2D eigenvalue weighted by Crippen LogP contribution is -2.30. The zero-order valence-corrected chi connectivity index (χ0v) is 50.4. The summed E-state index contributed by atoms with van der Waals surface area (Å²) in [5, 5.41) is 0. The number of esters is 3. The third-order valence-electron chi connectivity index (χ3n) is 13.1. The van der Waals surface area contributed by atoms with Gasteiger partial charge in [0.25, 0.3) is 0 Å². The van der Waals surface area contributed by atoms with E-state index in [1.54, 1.807) is 0 Å². The average molecular weight is 1080 g/mol. The van der Waals surface area contributed by atoms with E-state index in [4.69, 9.17) is 14.2 Å². The van der Waals surface area contributed by atoms with Crippen LogP contribution in [0.3, 0.4) is 0 Å². The maximum Gasteiger partial charge on any atom is 0.306 e. The second kappa shape index (κ2) is 64.8. The first-order valence-corrected chi connectivity index (χ1v) is 31.8. The van der Waals surface area contributed by atoms with E-state index in [1.165, 1.54) is 83.5 Å². The van der Waals surface area contributed by atoms with Crippen LogP contribution in [0, 0.1) is 0 Å². The second-order valence-electron chi connectivity index (χ2n) is 20.6. The van der Waals surface area contributed by atoms with E-state index < -0.39 is 6.10 Å². The van der Waals surface area contributed by atoms with E-state index in [1.807, 2.05) is 0 Å². The second-order valence-corrected chi connectivity index (χ2v) is 20.6. The molecular formula is C72H116O6. The van der Waals surface area contributed by atoms with Gasteiger partial charge in [-0.15, -0.1) is 0 Å². The van der Waals surface area contributed by atoms with Gasteiger partial charge in [0.1, 0.15) is 13.2 Å². The Morgan fingerprint density at radius 3 is 0.782 bits per heavy atom. The Hall–Kier alpha value is -4.71. The summed E-state index contributed by atoms with van der Waals surface area (Å²) >= 11 is 0. The molecule has 440 valence electrons. The molecule has 78 heavy (non-hydrogen) atoms. The summed E-state index contributed by atoms with van der Waals surface area (Å²) < 4.78 is 16.8. The van der Waals surface area contributed by atoms with Gasteiger partial charge in [0.2, 0.25) is 0 Å². The summed E-state index contributed by atoms with van der Waals surface area (Å²) in [6.07, 6.45) is 92.9. The average Bonchev–Trinajstić information content (AvgIpc) is 3.44. The molecule has 0 aromatic heterocycles. The van der Waals surface area contributed by atoms with Crippen LogP contribution in [0.4, 0.5) is 0 Å². The molecule has 0 saturated heterocycles. The molecule has 0 radical (unpaired) electrons. The van der Waals surface area contributed by atoms with E-state index in [-0.39, 0.29) is 31.1 Å². The van der Waals surface area contributed by atoms with Gasteiger partial charge in [0.15, 0.2) is 6.10 Å². The molecule has 1 unspecified atom stereocenters. The number of hydrogen-bond donors (Lipinski definition) is 0. The molecule has 0 aliphatic rings. The highest BCUT2D eigenvalue weighted by Crippen LogP contribution is 2.15. The third kappa shape index (κ3) is 62.1. The van der Waals surface area contributed by atoms with Crippen LogP contribution in [0.15, 0.2) is 146 Å². The van der Waals surface area contributed by atoms with Crippen LogP contribution >= 0.6 is 0 Å². The largest absolute Gasteiger partial charge is 0.462 e. The van der Waals surface area contributed by atoms with Crippen molar-refractivity contribution in [2.75, 3.05) is 13.2 Å². The molecule has 0 fully saturated rings. The summed E-state index contributed by atoms with van der Waals surface area (Å²) in [5.41, 5.74) is 0. The number of carbonyl (C=O) groups excluding carboxylic acids is 3. The van der Waals surface area contributed by atoms with Gasteiger partial charge in [-0.3, -0.25) is 14.4 Å². The van der Waals surface area contributed by atoms with Crippen molar-refractivity contribution >= 4 is 17.9 Å². The molecular weight excluding hydrogens is 961 g/mol. The minimum atomic E-state index is -0.795. The SMILES string of the molecule is CC/C=C\C/C=C\C/C=C\C/C=C\C/C=C\C/C=C\C/C=C\C/C=C\CCCCCCC(=O)OCC(COC(=O)CCCCCCCCCC)OC(=O)CCCCCCCCCCCC/C=C\C/C=C\C/C=C\C/C=C\CC. The minimum absolute atomic E-state index is 0.0912. The molecule has 0 aromatic rings. The first kappa shape index (κ1) is 73.3. The first-order valence-electron chi connectivity index (χ1n) is 31.8. The summed E-state index contributed by atoms with van der Waals surface area (Å²) in [5.74, 6) is -0.927. The molecule has 1 atom stereocenters. The predicted octanol–water partition coefficient (Wildman–Crippen LogP) is 21.9. The van der Waals surface area contributed by atoms with Crippen LogP contribution < -0.4 is 0 Å². The van der Waals surface area contributed by atoms with E-state index >= 15 is 0 Å². The molecule has 0 amide bonds. The number of hydrogen-bond acceptors (Lipinski definition) is 6. The van der Waals surface area contributed by atoms with Crippen LogP contribution in [-0.2, 0) is 28.6 Å². The summed E-state index contributed by atoms with van der Waals surface area (Å²) in [6, 6.07) is 0. The Morgan fingerprint density at radius 2 is 0.500 bits per heavy atom. The smallest absolute Gasteiger partial charge is 0.306 e. The first-order chi connectivity index (χ1) is 38.5. The van der Waals surface area contributed by atoms with Crippen LogP contribution in [0.5, 0.6) is 0 Å². The number of unbranched alkanes of at least 4 members (excludes halogenated alkanes) is 21. The van der Waals surface area contributed by atoms with Crippen molar-refractivity contribution in [3.63, 3.8) is 0 Å². The summed E-state index contributed by atoms with van der Waals surface area (Å²) in [6.45, 7) is 6.36. The van der Waals surface area contributed by atoms with Crippen LogP contribution in [0.1, 0.15) is 271 Å². The molecule has 6 heteroatoms. The fraction of sp³-hybridized carbons (Fsp3) is 0.625. The Balaban J connectivity index is 4.28. The van der Waals surface area contributed by atoms with Gasteiger partial charge in [0.05, 0.1) is 0 Å². The molecule has 0 bridgehead atoms. The van der Waals surface area contributed by atoms with Crippen molar-refractivity contribution in [1.29, 1.82) is 0 Å². The topological polar surface area (TPSA) is 78.9 Å². The Bertz CT molecular complexity index is 1710. The molecule has 0 heterocycles. The van der Waals surface area contributed by atoms with Crippen molar-refractivity contribution in [2.24, 2.45) is 0 Å². The fourth-order valence-electron chi connectivity index (χ4n) is 8.39. The Labute approximate surface area is 480 Å². The van der Waals surface area contributed by atoms with Gasteiger partial charge in [0, 0.05) is 19.3 Å². The normalized spacial score (nSPS) is 13.1. The Kier molecular flexibility index (Phi) is 60.9. The van der Waals surface area contributed by atoms with Crippen molar-refractivity contribution in [2.45, 2.75) is 277 Å². The van der Waals surface area contributed by atoms with Gasteiger partial charge in [-0.1, -0.05) is 276 Å². The molecule has 6 nitrogen and oxygen atoms in total. The van der Waals surface area contributed by atoms with E-state index in [0.29, 0.717) is 19.3 Å². The standard InChI is InChI=1S/C72H116O6/c1-4-7-10-13-16-19-21-23-25-27-29-31-33-34-35-36-37-38-40-41-43-45-47-49-51-53-56-59-62-65-71(74)77-68-69(67-76-70(73)64-61-58-55-18-15-12-9-6-3)78-72(75)66-63-60-57-54-52-50-48-46-44-42-39-32-30-28-26-24-22-20-17-14-11-8-5-2/h7-8,10-11,16-17,19-20,23-26,29-32,34-35,37-38,41,43,47,49,69H,4-6,9,12-15,18,21-22,27-28,33,36,39-40,42,44-46,48,50-68H2,1-3H3/b10-7-,11-8-,19-16-,20-17-,25-23-,26-24-,31-29-,32-30-,35-34-,38-37-,43-41-,49-47-. The summed E-state index contributed by atoms with van der Waals surface area (Å²) in [4.78, 5) is 38.1. The zero-order chi connectivity index (χ0) is 56.4. The van der Waals surface area contributed by atoms with Crippen molar-refractivity contribution in [1.82, 2.24) is 0 Å². The molecule has 0 saturated carbocycles. The van der Waals surface area contributed by atoms with Crippen LogP contribution in [0.25, 0.3) is 0 Å². The highest BCUT2D eigenvalue weighted by molar-refractivity contribution is 5.71. The molecule has 0 aliphatic carbocycles. The molecule has 0 aliphatic heterocycles. The van der Waals surface area contributed by atoms with Crippen LogP contribution in [-0.4, -0.2) is 37.2 Å². The van der Waals surface area contributed by atoms with Crippen molar-refractivity contribution < 1.29 is 28.6 Å². The van der Waals surface area contributed by atoms with E-state index in [2.05, 4.69) is 167 Å². The van der Waals surface area contributed by atoms with Gasteiger partial charge in [-0.05, 0) is 122 Å². The number of allylic oxidation sites excluding steroid dienone is 24. The predicted molar refractivity (Wildman–Crippen MR) is 339 cm³/mol. The maximum atomic E-state index is 12.9. The maximum absolute atomic E-state index is 12.9. The lowest BCUT2D eigenvalue weighted by molar-refractivity contribution is -0.167. The number of carbonyl (C=O) groups is 3. The molecule has 0 N–H and O–H groups in total. The van der Waals surface area contributed by atoms with Gasteiger partial charge < -0.3 is 14.2 Å². The van der Waals surface area contributed by atoms with Crippen molar-refractivity contribution in [3.8, 4) is 0 Å². The lowest BCUT2D eigenvalue weighted by Gasteiger charge is -2.18. The minimum Gasteiger partial charge on any atom is -0.462 e. The van der Waals surface area contributed by atoms with Gasteiger partial charge in [-0.25, -0.2) is 0 Å². The quantitative estimate of drug-likeness (QED) is 0.0261. The fourth-order valence-corrected chi connectivity index (χ4v) is 8.39. The van der Waals surface area contributed by atoms with Crippen molar-refractivity contribution in [3.05, 3.63) is 146 Å². The highest BCUT2D eigenvalue weighted by Gasteiger charge is 2.19. The zero-order valence-electron chi connectivity index (χ0n) is 50.4. The molecule has 0 rings (SSSR count). The molecule has 0 spiro atoms. The van der Waals surface area contributed by atoms with E-state index in [9.17, 15) is 14.4 Å². The highest BCUT2D eigenvalue weighted by atomic mass is 16.6. The van der Waals surface area contributed by atoms with Crippen LogP contribution in [0.2, 0.25) is 0 Å². The van der Waals surface area contributed by atoms with Gasteiger partial charge >= 0.3 is 17.9 Å². The molecule has 0 aromatic carbocycles. The number of ether oxygens (including phenoxy) is 3. The monoisotopic (exact) mass is 1080 g/mol. The number of rotatable bonds is 56. The van der Waals surface area contributed by atoms with Gasteiger partial charge in [-0.2, -0.15) is 0 Å². The Morgan fingerprint density at radius 1 is 0.269 bits per heavy atom. The third-order valence-corrected chi connectivity index (χ3v) is 13.1. The van der Waals surface area contributed by atoms with E-state index in [0.717, 1.165) is 148 Å².